The van der Waals surface area contributed by atoms with Crippen LogP contribution in [0.25, 0.3) is 0 Å². The van der Waals surface area contributed by atoms with Crippen LogP contribution in [0.3, 0.4) is 0 Å². The van der Waals surface area contributed by atoms with Gasteiger partial charge >= 0.3 is 0 Å². The molecule has 0 aromatic heterocycles. The van der Waals surface area contributed by atoms with Gasteiger partial charge in [0.2, 0.25) is 5.91 Å². The number of carbonyl (C=O) groups is 2. The molecule has 1 saturated carbocycles. The smallest absolute Gasteiger partial charge is 0.293 e. The Labute approximate surface area is 115 Å². The first kappa shape index (κ1) is 16.0. The second kappa shape index (κ2) is 6.89. The summed E-state index contributed by atoms with van der Waals surface area (Å²) in [5.74, 6) is 0.773. The average molecular weight is 270 g/mol. The minimum absolute atomic E-state index is 0.318. The Hall–Kier alpha value is -1.10. The highest BCUT2D eigenvalue weighted by Gasteiger charge is 2.35. The van der Waals surface area contributed by atoms with Crippen molar-refractivity contribution in [3.8, 4) is 0 Å². The van der Waals surface area contributed by atoms with Crippen molar-refractivity contribution in [2.24, 2.45) is 5.92 Å². The molecule has 19 heavy (non-hydrogen) atoms. The van der Waals surface area contributed by atoms with Gasteiger partial charge in [0, 0.05) is 31.6 Å². The summed E-state index contributed by atoms with van der Waals surface area (Å²) >= 11 is 0. The number of rotatable bonds is 2. The Balaban J connectivity index is 0.000000224. The summed E-state index contributed by atoms with van der Waals surface area (Å²) in [6.07, 6.45) is 2.24. The molecule has 0 aromatic carbocycles. The number of ether oxygens (including phenoxy) is 1. The molecule has 0 aromatic rings. The summed E-state index contributed by atoms with van der Waals surface area (Å²) in [5, 5.41) is 3.28. The second-order valence-corrected chi connectivity index (χ2v) is 6.19. The molecule has 1 amide bonds. The minimum Gasteiger partial charge on any atom is -0.462 e. The maximum atomic E-state index is 11.7. The number of carbonyl (C=O) groups excluding carboxylic acids is 2. The van der Waals surface area contributed by atoms with E-state index in [0.717, 1.165) is 32.5 Å². The first-order chi connectivity index (χ1) is 8.85. The highest BCUT2D eigenvalue weighted by atomic mass is 16.5. The lowest BCUT2D eigenvalue weighted by atomic mass is 10.2. The molecular weight excluding hydrogens is 244 g/mol. The molecule has 1 aliphatic carbocycles. The zero-order valence-corrected chi connectivity index (χ0v) is 12.4. The average Bonchev–Trinajstić information content (AvgIpc) is 3.12. The highest BCUT2D eigenvalue weighted by Crippen LogP contribution is 2.31. The number of nitrogens with zero attached hydrogens (tertiary/aromatic N) is 1. The Morgan fingerprint density at radius 1 is 1.37 bits per heavy atom. The number of hydrogen-bond acceptors (Lipinski definition) is 4. The standard InChI is InChI=1S/C9H16N2O.C5H10O2/c1-7-6-10-4-5-11(7)9(12)8-2-3-8;1-5(2,3)7-4-6/h7-8,10H,2-6H2,1H3;4H,1-3H3/t7-;/m1./s1. The molecule has 2 fully saturated rings. The second-order valence-electron chi connectivity index (χ2n) is 6.19. The fourth-order valence-corrected chi connectivity index (χ4v) is 1.88. The van der Waals surface area contributed by atoms with Gasteiger partial charge in [-0.1, -0.05) is 0 Å². The van der Waals surface area contributed by atoms with Gasteiger partial charge < -0.3 is 15.0 Å². The van der Waals surface area contributed by atoms with E-state index >= 15 is 0 Å². The van der Waals surface area contributed by atoms with Gasteiger partial charge in [-0.2, -0.15) is 0 Å². The zero-order valence-electron chi connectivity index (χ0n) is 12.4. The molecule has 1 aliphatic heterocycles. The molecule has 0 radical (unpaired) electrons. The van der Waals surface area contributed by atoms with Crippen LogP contribution in [0.1, 0.15) is 40.5 Å². The van der Waals surface area contributed by atoms with Gasteiger partial charge in [0.05, 0.1) is 0 Å². The van der Waals surface area contributed by atoms with Crippen LogP contribution in [0, 0.1) is 5.92 Å². The monoisotopic (exact) mass is 270 g/mol. The van der Waals surface area contributed by atoms with E-state index in [0.29, 0.717) is 24.3 Å². The number of hydrogen-bond donors (Lipinski definition) is 1. The van der Waals surface area contributed by atoms with Crippen molar-refractivity contribution in [1.29, 1.82) is 0 Å². The zero-order chi connectivity index (χ0) is 14.5. The van der Waals surface area contributed by atoms with Gasteiger partial charge in [-0.05, 0) is 40.5 Å². The van der Waals surface area contributed by atoms with Gasteiger partial charge in [0.15, 0.2) is 0 Å². The molecule has 1 atom stereocenters. The third-order valence-corrected chi connectivity index (χ3v) is 3.11. The third kappa shape index (κ3) is 6.05. The van der Waals surface area contributed by atoms with Crippen molar-refractivity contribution in [2.45, 2.75) is 52.2 Å². The molecule has 2 rings (SSSR count). The topological polar surface area (TPSA) is 58.6 Å². The molecule has 0 spiro atoms. The Kier molecular flexibility index (Phi) is 5.79. The van der Waals surface area contributed by atoms with Crippen molar-refractivity contribution < 1.29 is 14.3 Å². The van der Waals surface area contributed by atoms with Crippen LogP contribution in [-0.2, 0) is 14.3 Å². The van der Waals surface area contributed by atoms with Crippen molar-refractivity contribution in [3.63, 3.8) is 0 Å². The first-order valence-electron chi connectivity index (χ1n) is 6.98. The molecule has 110 valence electrons. The van der Waals surface area contributed by atoms with Crippen LogP contribution in [0.5, 0.6) is 0 Å². The number of piperazine rings is 1. The normalized spacial score (nSPS) is 23.2. The predicted octanol–water partition coefficient (Wildman–Crippen LogP) is 1.17. The maximum Gasteiger partial charge on any atom is 0.293 e. The molecule has 0 unspecified atom stereocenters. The van der Waals surface area contributed by atoms with Crippen LogP contribution in [-0.4, -0.2) is 48.6 Å². The summed E-state index contributed by atoms with van der Waals surface area (Å²) in [6, 6.07) is 0.395. The summed E-state index contributed by atoms with van der Waals surface area (Å²) in [4.78, 5) is 23.3. The van der Waals surface area contributed by atoms with E-state index in [4.69, 9.17) is 0 Å². The van der Waals surface area contributed by atoms with E-state index in [1.807, 2.05) is 25.7 Å². The van der Waals surface area contributed by atoms with Crippen LogP contribution in [0.4, 0.5) is 0 Å². The van der Waals surface area contributed by atoms with Crippen LogP contribution >= 0.6 is 0 Å². The SMILES string of the molecule is CC(C)(C)OC=O.C[C@@H]1CNCCN1C(=O)C1CC1. The van der Waals surface area contributed by atoms with Gasteiger partial charge in [-0.25, -0.2) is 0 Å². The van der Waals surface area contributed by atoms with E-state index in [-0.39, 0.29) is 5.60 Å². The van der Waals surface area contributed by atoms with Crippen molar-refractivity contribution in [2.75, 3.05) is 19.6 Å². The van der Waals surface area contributed by atoms with Gasteiger partial charge in [0.25, 0.3) is 6.47 Å². The van der Waals surface area contributed by atoms with Gasteiger partial charge in [-0.3, -0.25) is 9.59 Å². The fourth-order valence-electron chi connectivity index (χ4n) is 1.88. The molecule has 5 heteroatoms. The lowest BCUT2D eigenvalue weighted by molar-refractivity contribution is -0.138. The quantitative estimate of drug-likeness (QED) is 0.765. The van der Waals surface area contributed by atoms with Crippen LogP contribution in [0.2, 0.25) is 0 Å². The van der Waals surface area contributed by atoms with E-state index in [2.05, 4.69) is 17.0 Å². The maximum absolute atomic E-state index is 11.7. The number of amides is 1. The summed E-state index contributed by atoms with van der Waals surface area (Å²) in [5.41, 5.74) is -0.318. The minimum atomic E-state index is -0.318. The molecule has 5 nitrogen and oxygen atoms in total. The molecule has 2 aliphatic rings. The summed E-state index contributed by atoms with van der Waals surface area (Å²) in [6.45, 7) is 10.9. The van der Waals surface area contributed by atoms with Gasteiger partial charge in [0.1, 0.15) is 5.60 Å². The summed E-state index contributed by atoms with van der Waals surface area (Å²) in [7, 11) is 0. The lowest BCUT2D eigenvalue weighted by Crippen LogP contribution is -2.52. The van der Waals surface area contributed by atoms with Crippen molar-refractivity contribution >= 4 is 12.4 Å². The third-order valence-electron chi connectivity index (χ3n) is 3.11. The molecule has 1 heterocycles. The Bertz CT molecular complexity index is 308. The molecular formula is C14H26N2O3. The van der Waals surface area contributed by atoms with Crippen molar-refractivity contribution in [1.82, 2.24) is 10.2 Å². The Morgan fingerprint density at radius 2 is 2.00 bits per heavy atom. The fraction of sp³-hybridized carbons (Fsp3) is 0.857. The van der Waals surface area contributed by atoms with E-state index in [1.165, 1.54) is 0 Å². The molecule has 1 saturated heterocycles. The predicted molar refractivity (Wildman–Crippen MR) is 73.7 cm³/mol. The van der Waals surface area contributed by atoms with E-state index in [9.17, 15) is 9.59 Å². The highest BCUT2D eigenvalue weighted by molar-refractivity contribution is 5.81. The molecule has 0 bridgehead atoms. The largest absolute Gasteiger partial charge is 0.462 e. The summed E-state index contributed by atoms with van der Waals surface area (Å²) < 4.78 is 4.55. The van der Waals surface area contributed by atoms with Crippen molar-refractivity contribution in [3.05, 3.63) is 0 Å². The number of nitrogens with one attached hydrogen (secondary N) is 1. The van der Waals surface area contributed by atoms with E-state index < -0.39 is 0 Å². The molecule has 1 N–H and O–H groups in total. The Morgan fingerprint density at radius 3 is 2.37 bits per heavy atom. The lowest BCUT2D eigenvalue weighted by Gasteiger charge is -2.34. The van der Waals surface area contributed by atoms with Crippen LogP contribution in [0.15, 0.2) is 0 Å². The van der Waals surface area contributed by atoms with Gasteiger partial charge in [-0.15, -0.1) is 0 Å². The van der Waals surface area contributed by atoms with E-state index in [1.54, 1.807) is 0 Å². The van der Waals surface area contributed by atoms with Crippen LogP contribution < -0.4 is 5.32 Å². The first-order valence-corrected chi connectivity index (χ1v) is 6.98.